The van der Waals surface area contributed by atoms with Gasteiger partial charge in [0.2, 0.25) is 5.91 Å². The molecule has 106 valence electrons. The fourth-order valence-electron chi connectivity index (χ4n) is 2.13. The highest BCUT2D eigenvalue weighted by Gasteiger charge is 2.23. The summed E-state index contributed by atoms with van der Waals surface area (Å²) in [5.74, 6) is 0.0740. The summed E-state index contributed by atoms with van der Waals surface area (Å²) in [7, 11) is 0. The molecule has 20 heavy (non-hydrogen) atoms. The quantitative estimate of drug-likeness (QED) is 0.915. The van der Waals surface area contributed by atoms with E-state index in [1.165, 1.54) is 5.56 Å². The van der Waals surface area contributed by atoms with Gasteiger partial charge in [-0.1, -0.05) is 44.2 Å². The maximum Gasteiger partial charge on any atom is 0.221 e. The summed E-state index contributed by atoms with van der Waals surface area (Å²) in [6, 6.07) is 10.1. The summed E-state index contributed by atoms with van der Waals surface area (Å²) in [6.45, 7) is 6.72. The second-order valence-electron chi connectivity index (χ2n) is 5.55. The number of carbonyl (C=O) groups is 1. The molecule has 0 bridgehead atoms. The number of aromatic nitrogens is 1. The first-order valence-electron chi connectivity index (χ1n) is 6.71. The molecule has 1 aromatic heterocycles. The third-order valence-electron chi connectivity index (χ3n) is 3.29. The molecule has 0 fully saturated rings. The number of benzene rings is 1. The van der Waals surface area contributed by atoms with Crippen LogP contribution in [0.4, 0.5) is 0 Å². The van der Waals surface area contributed by atoms with E-state index in [9.17, 15) is 4.79 Å². The van der Waals surface area contributed by atoms with Gasteiger partial charge in [0.1, 0.15) is 0 Å². The maximum absolute atomic E-state index is 12.1. The van der Waals surface area contributed by atoms with Crippen LogP contribution in [-0.2, 0) is 16.8 Å². The molecule has 0 saturated carbocycles. The molecule has 1 amide bonds. The predicted octanol–water partition coefficient (Wildman–Crippen LogP) is 3.44. The van der Waals surface area contributed by atoms with Gasteiger partial charge in [-0.2, -0.15) is 0 Å². The van der Waals surface area contributed by atoms with Crippen molar-refractivity contribution < 1.29 is 4.79 Å². The third-order valence-corrected chi connectivity index (χ3v) is 4.20. The topological polar surface area (TPSA) is 42.0 Å². The molecule has 3 nitrogen and oxygen atoms in total. The zero-order chi connectivity index (χ0) is 14.6. The average Bonchev–Trinajstić information content (AvgIpc) is 2.83. The van der Waals surface area contributed by atoms with Crippen LogP contribution in [0, 0.1) is 6.92 Å². The van der Waals surface area contributed by atoms with Crippen LogP contribution < -0.4 is 5.32 Å². The van der Waals surface area contributed by atoms with Crippen LogP contribution in [-0.4, -0.2) is 10.9 Å². The van der Waals surface area contributed by atoms with E-state index in [0.717, 1.165) is 9.88 Å². The molecule has 0 aliphatic heterocycles. The van der Waals surface area contributed by atoms with E-state index >= 15 is 0 Å². The molecule has 2 aromatic rings. The van der Waals surface area contributed by atoms with Crippen molar-refractivity contribution in [3.8, 4) is 0 Å². The van der Waals surface area contributed by atoms with Crippen molar-refractivity contribution in [1.29, 1.82) is 0 Å². The van der Waals surface area contributed by atoms with E-state index in [1.807, 2.05) is 31.3 Å². The first-order valence-corrected chi connectivity index (χ1v) is 7.52. The molecule has 1 aromatic carbocycles. The smallest absolute Gasteiger partial charge is 0.221 e. The van der Waals surface area contributed by atoms with E-state index in [0.29, 0.717) is 13.0 Å². The number of hydrogen-bond donors (Lipinski definition) is 1. The zero-order valence-corrected chi connectivity index (χ0v) is 13.0. The Kier molecular flexibility index (Phi) is 4.55. The van der Waals surface area contributed by atoms with Crippen molar-refractivity contribution in [3.63, 3.8) is 0 Å². The van der Waals surface area contributed by atoms with E-state index in [1.54, 1.807) is 11.3 Å². The van der Waals surface area contributed by atoms with Crippen LogP contribution in [0.1, 0.15) is 35.7 Å². The van der Waals surface area contributed by atoms with Crippen molar-refractivity contribution >= 4 is 17.2 Å². The number of hydrogen-bond acceptors (Lipinski definition) is 3. The molecule has 0 saturated heterocycles. The highest BCUT2D eigenvalue weighted by molar-refractivity contribution is 7.11. The number of nitrogens with one attached hydrogen (secondary N) is 1. The molecule has 0 atom stereocenters. The van der Waals surface area contributed by atoms with Gasteiger partial charge < -0.3 is 5.32 Å². The molecule has 0 unspecified atom stereocenters. The maximum atomic E-state index is 12.1. The molecule has 0 aliphatic carbocycles. The van der Waals surface area contributed by atoms with Gasteiger partial charge in [0, 0.05) is 17.5 Å². The van der Waals surface area contributed by atoms with Gasteiger partial charge in [0.05, 0.1) is 11.6 Å². The summed E-state index contributed by atoms with van der Waals surface area (Å²) in [6.07, 6.45) is 2.30. The Morgan fingerprint density at radius 1 is 1.30 bits per heavy atom. The summed E-state index contributed by atoms with van der Waals surface area (Å²) < 4.78 is 0. The van der Waals surface area contributed by atoms with Crippen molar-refractivity contribution in [2.75, 3.05) is 0 Å². The number of rotatable bonds is 5. The van der Waals surface area contributed by atoms with Gasteiger partial charge in [-0.3, -0.25) is 4.79 Å². The summed E-state index contributed by atoms with van der Waals surface area (Å²) >= 11 is 1.62. The van der Waals surface area contributed by atoms with E-state index in [4.69, 9.17) is 0 Å². The van der Waals surface area contributed by atoms with Gasteiger partial charge in [0.25, 0.3) is 0 Å². The summed E-state index contributed by atoms with van der Waals surface area (Å²) in [4.78, 5) is 17.4. The lowest BCUT2D eigenvalue weighted by molar-refractivity contribution is -0.122. The predicted molar refractivity (Wildman–Crippen MR) is 82.8 cm³/mol. The molecule has 2 rings (SSSR count). The van der Waals surface area contributed by atoms with Crippen LogP contribution in [0.25, 0.3) is 0 Å². The Morgan fingerprint density at radius 2 is 2.00 bits per heavy atom. The van der Waals surface area contributed by atoms with Crippen molar-refractivity contribution in [1.82, 2.24) is 10.3 Å². The van der Waals surface area contributed by atoms with E-state index in [-0.39, 0.29) is 11.3 Å². The molecule has 0 aliphatic rings. The molecular weight excluding hydrogens is 268 g/mol. The van der Waals surface area contributed by atoms with E-state index in [2.05, 4.69) is 36.3 Å². The fourth-order valence-corrected chi connectivity index (χ4v) is 2.86. The molecule has 1 N–H and O–H groups in total. The van der Waals surface area contributed by atoms with Gasteiger partial charge in [-0.15, -0.1) is 11.3 Å². The Balaban J connectivity index is 1.91. The number of amides is 1. The first-order chi connectivity index (χ1) is 9.47. The van der Waals surface area contributed by atoms with Gasteiger partial charge >= 0.3 is 0 Å². The SMILES string of the molecule is Cc1ncc(CNC(=O)CC(C)(C)c2ccccc2)s1. The highest BCUT2D eigenvalue weighted by atomic mass is 32.1. The van der Waals surface area contributed by atoms with Crippen LogP contribution in [0.15, 0.2) is 36.5 Å². The third kappa shape index (κ3) is 3.90. The van der Waals surface area contributed by atoms with Gasteiger partial charge in [0.15, 0.2) is 0 Å². The van der Waals surface area contributed by atoms with Gasteiger partial charge in [-0.05, 0) is 17.9 Å². The largest absolute Gasteiger partial charge is 0.351 e. The number of thiazole rings is 1. The Hall–Kier alpha value is -1.68. The number of carbonyl (C=O) groups excluding carboxylic acids is 1. The molecule has 0 spiro atoms. The van der Waals surface area contributed by atoms with Crippen LogP contribution in [0.3, 0.4) is 0 Å². The van der Waals surface area contributed by atoms with Gasteiger partial charge in [-0.25, -0.2) is 4.98 Å². The van der Waals surface area contributed by atoms with Crippen LogP contribution in [0.2, 0.25) is 0 Å². The molecular formula is C16H20N2OS. The first kappa shape index (κ1) is 14.7. The van der Waals surface area contributed by atoms with E-state index < -0.39 is 0 Å². The Labute approximate surface area is 124 Å². The minimum absolute atomic E-state index is 0.0740. The second-order valence-corrected chi connectivity index (χ2v) is 6.87. The lowest BCUT2D eigenvalue weighted by atomic mass is 9.81. The van der Waals surface area contributed by atoms with Crippen molar-refractivity contribution in [3.05, 3.63) is 52.0 Å². The summed E-state index contributed by atoms with van der Waals surface area (Å²) in [5, 5.41) is 4.00. The lowest BCUT2D eigenvalue weighted by Crippen LogP contribution is -2.30. The van der Waals surface area contributed by atoms with Crippen LogP contribution in [0.5, 0.6) is 0 Å². The standard InChI is InChI=1S/C16H20N2OS/c1-12-17-10-14(20-12)11-18-15(19)9-16(2,3)13-7-5-4-6-8-13/h4-8,10H,9,11H2,1-3H3,(H,18,19). The number of aryl methyl sites for hydroxylation is 1. The average molecular weight is 288 g/mol. The minimum atomic E-state index is -0.158. The zero-order valence-electron chi connectivity index (χ0n) is 12.1. The Bertz CT molecular complexity index is 575. The number of nitrogens with zero attached hydrogens (tertiary/aromatic N) is 1. The fraction of sp³-hybridized carbons (Fsp3) is 0.375. The molecule has 4 heteroatoms. The van der Waals surface area contributed by atoms with Crippen LogP contribution >= 0.6 is 11.3 Å². The highest BCUT2D eigenvalue weighted by Crippen LogP contribution is 2.26. The monoisotopic (exact) mass is 288 g/mol. The molecule has 0 radical (unpaired) electrons. The van der Waals surface area contributed by atoms with Crippen molar-refractivity contribution in [2.24, 2.45) is 0 Å². The minimum Gasteiger partial charge on any atom is -0.351 e. The molecule has 1 heterocycles. The second kappa shape index (κ2) is 6.18. The summed E-state index contributed by atoms with van der Waals surface area (Å²) in [5.41, 5.74) is 1.03. The van der Waals surface area contributed by atoms with Crippen molar-refractivity contribution in [2.45, 2.75) is 39.2 Å². The Morgan fingerprint density at radius 3 is 2.60 bits per heavy atom. The normalized spacial score (nSPS) is 11.3. The lowest BCUT2D eigenvalue weighted by Gasteiger charge is -2.24.